The predicted octanol–water partition coefficient (Wildman–Crippen LogP) is 2.00. The Labute approximate surface area is 190 Å². The Hall–Kier alpha value is -4.00. The van der Waals surface area contributed by atoms with Crippen LogP contribution in [0.1, 0.15) is 0 Å². The molecule has 1 aromatic carbocycles. The smallest absolute Gasteiger partial charge is 0.265 e. The number of sulfonamides is 1. The standard InChI is InChI=1S/C20H23N7O5S/c1-21-19-20-22-9-15(27(20)11-17(24-19)31-4)12-6-14(18(32-5)16(7-12)30-3)25-33(28,29)13-8-23-26(2)10-13/h6-11,25H,1-5H3,(H,21,24). The minimum absolute atomic E-state index is 0.0145. The summed E-state index contributed by atoms with van der Waals surface area (Å²) >= 11 is 0. The van der Waals surface area contributed by atoms with Gasteiger partial charge in [-0.15, -0.1) is 0 Å². The molecule has 4 aromatic rings. The summed E-state index contributed by atoms with van der Waals surface area (Å²) in [5.41, 5.74) is 2.05. The summed E-state index contributed by atoms with van der Waals surface area (Å²) < 4.78 is 47.9. The number of benzene rings is 1. The van der Waals surface area contributed by atoms with Gasteiger partial charge in [-0.25, -0.2) is 13.4 Å². The number of aryl methyl sites for hydroxylation is 1. The van der Waals surface area contributed by atoms with E-state index < -0.39 is 10.0 Å². The Balaban J connectivity index is 1.89. The first-order chi connectivity index (χ1) is 15.8. The van der Waals surface area contributed by atoms with Gasteiger partial charge in [0.15, 0.2) is 23.0 Å². The molecule has 0 saturated heterocycles. The topological polar surface area (TPSA) is 134 Å². The molecule has 0 saturated carbocycles. The van der Waals surface area contributed by atoms with E-state index in [1.165, 1.54) is 38.4 Å². The van der Waals surface area contributed by atoms with Crippen LogP contribution < -0.4 is 24.2 Å². The van der Waals surface area contributed by atoms with Crippen molar-refractivity contribution < 1.29 is 22.6 Å². The van der Waals surface area contributed by atoms with E-state index in [9.17, 15) is 8.42 Å². The van der Waals surface area contributed by atoms with Crippen molar-refractivity contribution in [1.29, 1.82) is 0 Å². The van der Waals surface area contributed by atoms with Gasteiger partial charge in [-0.2, -0.15) is 10.1 Å². The van der Waals surface area contributed by atoms with Gasteiger partial charge in [0.1, 0.15) is 4.90 Å². The Morgan fingerprint density at radius 1 is 1.03 bits per heavy atom. The monoisotopic (exact) mass is 473 g/mol. The number of nitrogens with zero attached hydrogens (tertiary/aromatic N) is 5. The first-order valence-corrected chi connectivity index (χ1v) is 11.2. The summed E-state index contributed by atoms with van der Waals surface area (Å²) in [4.78, 5) is 8.82. The zero-order chi connectivity index (χ0) is 23.8. The number of anilines is 2. The van der Waals surface area contributed by atoms with Gasteiger partial charge >= 0.3 is 0 Å². The number of rotatable bonds is 8. The first-order valence-electron chi connectivity index (χ1n) is 9.69. The molecule has 174 valence electrons. The zero-order valence-corrected chi connectivity index (χ0v) is 19.5. The molecule has 12 nitrogen and oxygen atoms in total. The van der Waals surface area contributed by atoms with Crippen LogP contribution in [0.15, 0.2) is 41.8 Å². The Morgan fingerprint density at radius 2 is 1.82 bits per heavy atom. The number of methoxy groups -OCH3 is 3. The van der Waals surface area contributed by atoms with Gasteiger partial charge in [0.2, 0.25) is 5.88 Å². The maximum Gasteiger partial charge on any atom is 0.265 e. The van der Waals surface area contributed by atoms with Crippen molar-refractivity contribution in [3.8, 4) is 28.6 Å². The maximum atomic E-state index is 12.9. The van der Waals surface area contributed by atoms with Gasteiger partial charge in [-0.1, -0.05) is 0 Å². The highest BCUT2D eigenvalue weighted by molar-refractivity contribution is 7.92. The SMILES string of the molecule is CNc1nc(OC)cn2c(-c3cc(NS(=O)(=O)c4cnn(C)c4)c(OC)c(OC)c3)cnc12. The minimum atomic E-state index is -3.93. The second kappa shape index (κ2) is 8.50. The summed E-state index contributed by atoms with van der Waals surface area (Å²) in [6.07, 6.45) is 6.00. The molecule has 3 heterocycles. The number of fused-ring (bicyclic) bond motifs is 1. The molecule has 0 aliphatic rings. The van der Waals surface area contributed by atoms with Crippen molar-refractivity contribution in [2.45, 2.75) is 4.90 Å². The number of hydrogen-bond donors (Lipinski definition) is 2. The molecule has 3 aromatic heterocycles. The fourth-order valence-corrected chi connectivity index (χ4v) is 4.41. The summed E-state index contributed by atoms with van der Waals surface area (Å²) in [5, 5.41) is 6.93. The van der Waals surface area contributed by atoms with Gasteiger partial charge in [0, 0.05) is 25.9 Å². The van der Waals surface area contributed by atoms with Crippen molar-refractivity contribution in [1.82, 2.24) is 24.1 Å². The lowest BCUT2D eigenvalue weighted by molar-refractivity contribution is 0.356. The third-order valence-electron chi connectivity index (χ3n) is 4.93. The van der Waals surface area contributed by atoms with Gasteiger partial charge in [-0.3, -0.25) is 13.8 Å². The second-order valence-electron chi connectivity index (χ2n) is 6.93. The quantitative estimate of drug-likeness (QED) is 0.394. The third-order valence-corrected chi connectivity index (χ3v) is 6.25. The molecule has 0 fully saturated rings. The molecule has 0 aliphatic heterocycles. The number of imidazole rings is 1. The van der Waals surface area contributed by atoms with Crippen LogP contribution in [0.4, 0.5) is 11.5 Å². The van der Waals surface area contributed by atoms with Gasteiger partial charge in [0.25, 0.3) is 10.0 Å². The van der Waals surface area contributed by atoms with Gasteiger partial charge in [-0.05, 0) is 12.1 Å². The molecule has 0 amide bonds. The minimum Gasteiger partial charge on any atom is -0.493 e. The van der Waals surface area contributed by atoms with E-state index in [1.807, 2.05) is 0 Å². The van der Waals surface area contributed by atoms with Crippen LogP contribution in [0.25, 0.3) is 16.9 Å². The molecule has 0 spiro atoms. The van der Waals surface area contributed by atoms with Crippen LogP contribution in [-0.2, 0) is 17.1 Å². The van der Waals surface area contributed by atoms with E-state index in [2.05, 4.69) is 25.1 Å². The average Bonchev–Trinajstić information content (AvgIpc) is 3.44. The largest absolute Gasteiger partial charge is 0.493 e. The molecule has 33 heavy (non-hydrogen) atoms. The fourth-order valence-electron chi connectivity index (χ4n) is 3.38. The highest BCUT2D eigenvalue weighted by Crippen LogP contribution is 2.41. The third kappa shape index (κ3) is 3.98. The normalized spacial score (nSPS) is 11.4. The van der Waals surface area contributed by atoms with E-state index in [-0.39, 0.29) is 16.3 Å². The molecule has 0 aliphatic carbocycles. The predicted molar refractivity (Wildman–Crippen MR) is 122 cm³/mol. The molecule has 4 rings (SSSR count). The molecular weight excluding hydrogens is 450 g/mol. The Kier molecular flexibility index (Phi) is 5.72. The fraction of sp³-hybridized carbons (Fsp3) is 0.250. The molecule has 0 bridgehead atoms. The van der Waals surface area contributed by atoms with Crippen LogP contribution in [0.3, 0.4) is 0 Å². The average molecular weight is 474 g/mol. The van der Waals surface area contributed by atoms with Crippen molar-refractivity contribution in [2.75, 3.05) is 38.4 Å². The van der Waals surface area contributed by atoms with Crippen LogP contribution in [0.5, 0.6) is 17.4 Å². The lowest BCUT2D eigenvalue weighted by atomic mass is 10.1. The summed E-state index contributed by atoms with van der Waals surface area (Å²) in [6.45, 7) is 0. The molecule has 0 atom stereocenters. The van der Waals surface area contributed by atoms with Crippen LogP contribution in [-0.4, -0.2) is 60.9 Å². The highest BCUT2D eigenvalue weighted by atomic mass is 32.2. The molecule has 0 unspecified atom stereocenters. The van der Waals surface area contributed by atoms with Crippen LogP contribution >= 0.6 is 0 Å². The number of hydrogen-bond acceptors (Lipinski definition) is 9. The van der Waals surface area contributed by atoms with Crippen LogP contribution in [0.2, 0.25) is 0 Å². The number of ether oxygens (including phenoxy) is 3. The van der Waals surface area contributed by atoms with Crippen LogP contribution in [0, 0.1) is 0 Å². The van der Waals surface area contributed by atoms with E-state index in [1.54, 1.807) is 43.0 Å². The van der Waals surface area contributed by atoms with E-state index in [0.717, 1.165) is 0 Å². The van der Waals surface area contributed by atoms with Crippen molar-refractivity contribution >= 4 is 27.2 Å². The molecule has 0 radical (unpaired) electrons. The number of nitrogens with one attached hydrogen (secondary N) is 2. The van der Waals surface area contributed by atoms with Crippen molar-refractivity contribution in [3.63, 3.8) is 0 Å². The Morgan fingerprint density at radius 3 is 2.42 bits per heavy atom. The van der Waals surface area contributed by atoms with E-state index in [4.69, 9.17) is 14.2 Å². The summed E-state index contributed by atoms with van der Waals surface area (Å²) in [5.74, 6) is 1.48. The Bertz CT molecular complexity index is 1430. The molecular formula is C20H23N7O5S. The second-order valence-corrected chi connectivity index (χ2v) is 8.62. The van der Waals surface area contributed by atoms with Gasteiger partial charge in [0.05, 0.1) is 51.3 Å². The highest BCUT2D eigenvalue weighted by Gasteiger charge is 2.23. The van der Waals surface area contributed by atoms with Crippen molar-refractivity contribution in [3.05, 3.63) is 36.9 Å². The lowest BCUT2D eigenvalue weighted by Crippen LogP contribution is -2.13. The summed E-state index contributed by atoms with van der Waals surface area (Å²) in [6, 6.07) is 3.38. The lowest BCUT2D eigenvalue weighted by Gasteiger charge is -2.16. The summed E-state index contributed by atoms with van der Waals surface area (Å²) in [7, 11) is 3.87. The van der Waals surface area contributed by atoms with E-state index in [0.29, 0.717) is 34.4 Å². The van der Waals surface area contributed by atoms with Gasteiger partial charge < -0.3 is 19.5 Å². The number of aromatic nitrogens is 5. The maximum absolute atomic E-state index is 12.9. The van der Waals surface area contributed by atoms with E-state index >= 15 is 0 Å². The molecule has 13 heteroatoms. The zero-order valence-electron chi connectivity index (χ0n) is 18.6. The first kappa shape index (κ1) is 22.2. The molecule has 2 N–H and O–H groups in total. The van der Waals surface area contributed by atoms with Crippen molar-refractivity contribution in [2.24, 2.45) is 7.05 Å².